The molecule has 0 saturated carbocycles. The van der Waals surface area contributed by atoms with Gasteiger partial charge in [-0.05, 0) is 68.1 Å². The monoisotopic (exact) mass is 418 g/mol. The van der Waals surface area contributed by atoms with Gasteiger partial charge in [0.2, 0.25) is 15.9 Å². The number of hydrogen-bond donors (Lipinski definition) is 1. The number of benzene rings is 2. The average Bonchev–Trinajstić information content (AvgIpc) is 2.66. The molecule has 0 heterocycles. The molecule has 1 atom stereocenters. The van der Waals surface area contributed by atoms with Crippen LogP contribution in [-0.2, 0) is 14.8 Å². The van der Waals surface area contributed by atoms with Crippen LogP contribution in [-0.4, -0.2) is 33.7 Å². The van der Waals surface area contributed by atoms with Gasteiger partial charge in [0.25, 0.3) is 0 Å². The number of sulfonamides is 1. The van der Waals surface area contributed by atoms with Gasteiger partial charge in [0, 0.05) is 0 Å². The molecule has 0 aliphatic rings. The van der Waals surface area contributed by atoms with E-state index in [0.29, 0.717) is 18.0 Å². The first-order valence-corrected chi connectivity index (χ1v) is 11.5. The van der Waals surface area contributed by atoms with Crippen molar-refractivity contribution in [2.24, 2.45) is 0 Å². The minimum atomic E-state index is -3.62. The SMILES string of the molecule is CCCOc1ccc(N(CC(=O)NC(C)c2ccc(C)c(C)c2)S(C)(=O)=O)cc1. The zero-order valence-corrected chi connectivity index (χ0v) is 18.5. The summed E-state index contributed by atoms with van der Waals surface area (Å²) in [5, 5.41) is 2.88. The van der Waals surface area contributed by atoms with Crippen molar-refractivity contribution in [3.8, 4) is 5.75 Å². The van der Waals surface area contributed by atoms with Crippen LogP contribution in [0, 0.1) is 13.8 Å². The molecule has 0 bridgehead atoms. The molecule has 0 radical (unpaired) electrons. The quantitative estimate of drug-likeness (QED) is 0.673. The van der Waals surface area contributed by atoms with E-state index in [1.54, 1.807) is 24.3 Å². The molecule has 6 nitrogen and oxygen atoms in total. The standard InChI is InChI=1S/C22H30N2O4S/c1-6-13-28-21-11-9-20(10-12-21)24(29(5,26)27)15-22(25)23-18(4)19-8-7-16(2)17(3)14-19/h7-12,14,18H,6,13,15H2,1-5H3,(H,23,25). The molecule has 2 aromatic rings. The van der Waals surface area contributed by atoms with Crippen molar-refractivity contribution in [2.45, 2.75) is 40.2 Å². The molecule has 1 unspecified atom stereocenters. The largest absolute Gasteiger partial charge is 0.494 e. The maximum absolute atomic E-state index is 12.6. The highest BCUT2D eigenvalue weighted by Crippen LogP contribution is 2.22. The number of anilines is 1. The summed E-state index contributed by atoms with van der Waals surface area (Å²) in [6, 6.07) is 12.5. The summed E-state index contributed by atoms with van der Waals surface area (Å²) < 4.78 is 31.2. The summed E-state index contributed by atoms with van der Waals surface area (Å²) >= 11 is 0. The van der Waals surface area contributed by atoms with Crippen LogP contribution in [0.5, 0.6) is 5.75 Å². The topological polar surface area (TPSA) is 75.7 Å². The minimum Gasteiger partial charge on any atom is -0.494 e. The van der Waals surface area contributed by atoms with Crippen LogP contribution >= 0.6 is 0 Å². The van der Waals surface area contributed by atoms with Gasteiger partial charge in [-0.15, -0.1) is 0 Å². The molecular weight excluding hydrogens is 388 g/mol. The van der Waals surface area contributed by atoms with E-state index in [0.717, 1.165) is 28.1 Å². The Morgan fingerprint density at radius 1 is 1.10 bits per heavy atom. The zero-order chi connectivity index (χ0) is 21.6. The van der Waals surface area contributed by atoms with Gasteiger partial charge in [0.1, 0.15) is 12.3 Å². The number of hydrogen-bond acceptors (Lipinski definition) is 4. The zero-order valence-electron chi connectivity index (χ0n) is 17.7. The van der Waals surface area contributed by atoms with E-state index in [1.807, 2.05) is 45.9 Å². The van der Waals surface area contributed by atoms with E-state index in [-0.39, 0.29) is 18.5 Å². The van der Waals surface area contributed by atoms with E-state index >= 15 is 0 Å². The Labute approximate surface area is 173 Å². The Morgan fingerprint density at radius 2 is 1.76 bits per heavy atom. The Bertz CT molecular complexity index is 940. The van der Waals surface area contributed by atoms with Gasteiger partial charge in [0.05, 0.1) is 24.6 Å². The first kappa shape index (κ1) is 22.7. The Hall–Kier alpha value is -2.54. The van der Waals surface area contributed by atoms with Crippen LogP contribution in [0.3, 0.4) is 0 Å². The number of nitrogens with one attached hydrogen (secondary N) is 1. The third kappa shape index (κ3) is 6.49. The van der Waals surface area contributed by atoms with Gasteiger partial charge in [-0.3, -0.25) is 9.10 Å². The summed E-state index contributed by atoms with van der Waals surface area (Å²) in [5.74, 6) is 0.296. The molecule has 0 aliphatic carbocycles. The van der Waals surface area contributed by atoms with Crippen molar-refractivity contribution in [1.29, 1.82) is 0 Å². The number of amides is 1. The van der Waals surface area contributed by atoms with Gasteiger partial charge in [-0.2, -0.15) is 0 Å². The average molecular weight is 419 g/mol. The van der Waals surface area contributed by atoms with Crippen molar-refractivity contribution in [2.75, 3.05) is 23.7 Å². The highest BCUT2D eigenvalue weighted by Gasteiger charge is 2.22. The van der Waals surface area contributed by atoms with Crippen molar-refractivity contribution >= 4 is 21.6 Å². The van der Waals surface area contributed by atoms with Gasteiger partial charge >= 0.3 is 0 Å². The lowest BCUT2D eigenvalue weighted by Gasteiger charge is -2.23. The van der Waals surface area contributed by atoms with E-state index in [9.17, 15) is 13.2 Å². The lowest BCUT2D eigenvalue weighted by atomic mass is 10.0. The number of carbonyl (C=O) groups is 1. The predicted molar refractivity (Wildman–Crippen MR) is 117 cm³/mol. The highest BCUT2D eigenvalue weighted by molar-refractivity contribution is 7.92. The van der Waals surface area contributed by atoms with Crippen molar-refractivity contribution in [1.82, 2.24) is 5.32 Å². The maximum atomic E-state index is 12.6. The lowest BCUT2D eigenvalue weighted by Crippen LogP contribution is -2.41. The third-order valence-corrected chi connectivity index (χ3v) is 5.83. The Kier molecular flexibility index (Phi) is 7.67. The lowest BCUT2D eigenvalue weighted by molar-refractivity contribution is -0.120. The fourth-order valence-corrected chi connectivity index (χ4v) is 3.72. The van der Waals surface area contributed by atoms with Crippen LogP contribution in [0.4, 0.5) is 5.69 Å². The van der Waals surface area contributed by atoms with Crippen LogP contribution < -0.4 is 14.4 Å². The summed E-state index contributed by atoms with van der Waals surface area (Å²) in [6.45, 7) is 8.25. The second kappa shape index (κ2) is 9.78. The van der Waals surface area contributed by atoms with Crippen molar-refractivity contribution in [3.05, 3.63) is 59.2 Å². The number of carbonyl (C=O) groups excluding carboxylic acids is 1. The fourth-order valence-electron chi connectivity index (χ4n) is 2.86. The molecule has 158 valence electrons. The molecule has 0 aliphatic heterocycles. The molecule has 0 aromatic heterocycles. The minimum absolute atomic E-state index is 0.229. The van der Waals surface area contributed by atoms with E-state index in [2.05, 4.69) is 5.32 Å². The fraction of sp³-hybridized carbons (Fsp3) is 0.409. The first-order chi connectivity index (χ1) is 13.6. The summed E-state index contributed by atoms with van der Waals surface area (Å²) in [5.41, 5.74) is 3.73. The molecule has 1 amide bonds. The number of nitrogens with zero attached hydrogens (tertiary/aromatic N) is 1. The number of aryl methyl sites for hydroxylation is 2. The highest BCUT2D eigenvalue weighted by atomic mass is 32.2. The molecule has 2 aromatic carbocycles. The number of rotatable bonds is 9. The van der Waals surface area contributed by atoms with Gasteiger partial charge in [-0.25, -0.2) is 8.42 Å². The van der Waals surface area contributed by atoms with Gasteiger partial charge in [-0.1, -0.05) is 25.1 Å². The van der Waals surface area contributed by atoms with E-state index < -0.39 is 10.0 Å². The molecular formula is C22H30N2O4S. The molecule has 0 saturated heterocycles. The normalized spacial score (nSPS) is 12.3. The van der Waals surface area contributed by atoms with Crippen molar-refractivity contribution < 1.29 is 17.9 Å². The predicted octanol–water partition coefficient (Wildman–Crippen LogP) is 3.74. The summed E-state index contributed by atoms with van der Waals surface area (Å²) in [4.78, 5) is 12.6. The smallest absolute Gasteiger partial charge is 0.241 e. The first-order valence-electron chi connectivity index (χ1n) is 9.69. The molecule has 7 heteroatoms. The molecule has 0 fully saturated rings. The van der Waals surface area contributed by atoms with E-state index in [4.69, 9.17) is 4.74 Å². The Morgan fingerprint density at radius 3 is 2.31 bits per heavy atom. The molecule has 29 heavy (non-hydrogen) atoms. The van der Waals surface area contributed by atoms with Gasteiger partial charge < -0.3 is 10.1 Å². The van der Waals surface area contributed by atoms with Crippen LogP contribution in [0.15, 0.2) is 42.5 Å². The molecule has 0 spiro atoms. The summed E-state index contributed by atoms with van der Waals surface area (Å²) in [6.07, 6.45) is 1.98. The molecule has 2 rings (SSSR count). The summed E-state index contributed by atoms with van der Waals surface area (Å²) in [7, 11) is -3.62. The number of ether oxygens (including phenoxy) is 1. The second-order valence-corrected chi connectivity index (χ2v) is 9.15. The van der Waals surface area contributed by atoms with Crippen LogP contribution in [0.25, 0.3) is 0 Å². The van der Waals surface area contributed by atoms with E-state index in [1.165, 1.54) is 5.56 Å². The second-order valence-electron chi connectivity index (χ2n) is 7.24. The molecule has 1 N–H and O–H groups in total. The maximum Gasteiger partial charge on any atom is 0.241 e. The van der Waals surface area contributed by atoms with Crippen LogP contribution in [0.1, 0.15) is 43.0 Å². The van der Waals surface area contributed by atoms with Crippen LogP contribution in [0.2, 0.25) is 0 Å². The van der Waals surface area contributed by atoms with Gasteiger partial charge in [0.15, 0.2) is 0 Å². The Balaban J connectivity index is 2.11. The third-order valence-electron chi connectivity index (χ3n) is 4.69. The van der Waals surface area contributed by atoms with Crippen molar-refractivity contribution in [3.63, 3.8) is 0 Å².